The van der Waals surface area contributed by atoms with Gasteiger partial charge in [-0.2, -0.15) is 0 Å². The van der Waals surface area contributed by atoms with Crippen LogP contribution in [0.5, 0.6) is 11.5 Å². The van der Waals surface area contributed by atoms with Gasteiger partial charge in [0.2, 0.25) is 0 Å². The lowest BCUT2D eigenvalue weighted by molar-refractivity contribution is -0.142. The minimum absolute atomic E-state index is 0.0747. The van der Waals surface area contributed by atoms with E-state index in [0.717, 1.165) is 32.1 Å². The van der Waals surface area contributed by atoms with Gasteiger partial charge in [0.25, 0.3) is 0 Å². The van der Waals surface area contributed by atoms with Crippen LogP contribution in [0.15, 0.2) is 24.3 Å². The number of hydrogen-bond donors (Lipinski definition) is 4. The minimum Gasteiger partial charge on any atom is -0.507 e. The Kier molecular flexibility index (Phi) is 6.60. The van der Waals surface area contributed by atoms with E-state index in [9.17, 15) is 34.8 Å². The van der Waals surface area contributed by atoms with Crippen molar-refractivity contribution >= 4 is 17.3 Å². The molecule has 0 radical (unpaired) electrons. The van der Waals surface area contributed by atoms with Gasteiger partial charge in [-0.3, -0.25) is 14.4 Å². The summed E-state index contributed by atoms with van der Waals surface area (Å²) < 4.78 is 0. The van der Waals surface area contributed by atoms with Crippen molar-refractivity contribution in [3.8, 4) is 11.5 Å². The first-order valence-corrected chi connectivity index (χ1v) is 11.9. The largest absolute Gasteiger partial charge is 0.507 e. The average molecular weight is 467 g/mol. The van der Waals surface area contributed by atoms with Gasteiger partial charge in [0.15, 0.2) is 17.3 Å². The van der Waals surface area contributed by atoms with Crippen molar-refractivity contribution in [3.63, 3.8) is 0 Å². The zero-order valence-electron chi connectivity index (χ0n) is 19.3. The van der Waals surface area contributed by atoms with Gasteiger partial charge in [-0.05, 0) is 6.42 Å². The lowest BCUT2D eigenvalue weighted by Crippen LogP contribution is -2.45. The highest BCUT2D eigenvalue weighted by Crippen LogP contribution is 2.50. The maximum absolute atomic E-state index is 13.1. The van der Waals surface area contributed by atoms with E-state index < -0.39 is 40.6 Å². The smallest absolute Gasteiger partial charge is 0.198 e. The van der Waals surface area contributed by atoms with E-state index in [0.29, 0.717) is 6.42 Å². The summed E-state index contributed by atoms with van der Waals surface area (Å²) in [5, 5.41) is 43.9. The standard InChI is InChI=1S/C27H30O7/c1-2-3-4-5-6-7-12-19(29)27(34)13-17-20(18(28)14-27)26(33)22-21(25(17)32)23(30)15-10-8-9-11-16(15)24(22)31/h8-11,18,28,32-34H,2-7,12-14H2,1H3/t18-,27-/m0/s1. The SMILES string of the molecule is CCCCCCCCC(=O)[C@]1(O)Cc2c(O)c3c(c(O)c2[C@@H](O)C1)C(=O)c1ccccc1C3=O. The number of carbonyl (C=O) groups excluding carboxylic acids is 3. The number of benzene rings is 2. The second kappa shape index (κ2) is 9.31. The Bertz CT molecular complexity index is 1170. The number of Topliss-reactive ketones (excluding diaryl/α,β-unsaturated/α-hetero) is 1. The van der Waals surface area contributed by atoms with Gasteiger partial charge in [0, 0.05) is 41.5 Å². The Morgan fingerprint density at radius 2 is 1.50 bits per heavy atom. The summed E-state index contributed by atoms with van der Waals surface area (Å²) in [6.07, 6.45) is 3.75. The lowest BCUT2D eigenvalue weighted by atomic mass is 9.71. The lowest BCUT2D eigenvalue weighted by Gasteiger charge is -2.37. The van der Waals surface area contributed by atoms with Gasteiger partial charge in [-0.25, -0.2) is 0 Å². The second-order valence-electron chi connectivity index (χ2n) is 9.41. The van der Waals surface area contributed by atoms with Gasteiger partial charge in [0.05, 0.1) is 17.2 Å². The van der Waals surface area contributed by atoms with Crippen molar-refractivity contribution in [2.24, 2.45) is 0 Å². The minimum atomic E-state index is -1.94. The zero-order valence-corrected chi connectivity index (χ0v) is 19.3. The normalized spacial score (nSPS) is 21.1. The third kappa shape index (κ3) is 3.93. The molecule has 2 aromatic carbocycles. The summed E-state index contributed by atoms with van der Waals surface area (Å²) >= 11 is 0. The molecule has 0 fully saturated rings. The molecule has 34 heavy (non-hydrogen) atoms. The fourth-order valence-electron chi connectivity index (χ4n) is 5.22. The van der Waals surface area contributed by atoms with Crippen LogP contribution >= 0.6 is 0 Å². The molecule has 180 valence electrons. The number of unbranched alkanes of at least 4 members (excludes halogenated alkanes) is 5. The Hall–Kier alpha value is -3.03. The maximum atomic E-state index is 13.1. The van der Waals surface area contributed by atoms with E-state index in [4.69, 9.17) is 0 Å². The predicted octanol–water partition coefficient (Wildman–Crippen LogP) is 3.90. The molecule has 4 N–H and O–H groups in total. The first-order valence-electron chi connectivity index (χ1n) is 11.9. The number of ketones is 3. The molecule has 0 aromatic heterocycles. The molecule has 4 rings (SSSR count). The monoisotopic (exact) mass is 466 g/mol. The molecule has 0 amide bonds. The molecule has 0 unspecified atom stereocenters. The molecule has 2 aromatic rings. The van der Waals surface area contributed by atoms with Crippen LogP contribution in [0.2, 0.25) is 0 Å². The molecular weight excluding hydrogens is 436 g/mol. The molecule has 7 heteroatoms. The van der Waals surface area contributed by atoms with Gasteiger partial charge in [-0.15, -0.1) is 0 Å². The second-order valence-corrected chi connectivity index (χ2v) is 9.41. The molecule has 0 bridgehead atoms. The highest BCUT2D eigenvalue weighted by molar-refractivity contribution is 6.30. The number of phenolic OH excluding ortho intramolecular Hbond substituents is 2. The van der Waals surface area contributed by atoms with Gasteiger partial charge in [-0.1, -0.05) is 63.3 Å². The van der Waals surface area contributed by atoms with Gasteiger partial charge in [0.1, 0.15) is 17.1 Å². The molecular formula is C27H30O7. The number of aromatic hydroxyl groups is 2. The average Bonchev–Trinajstić information content (AvgIpc) is 2.81. The fraction of sp³-hybridized carbons (Fsp3) is 0.444. The predicted molar refractivity (Wildman–Crippen MR) is 124 cm³/mol. The third-order valence-electron chi connectivity index (χ3n) is 7.07. The molecule has 2 aliphatic carbocycles. The Morgan fingerprint density at radius 3 is 2.12 bits per heavy atom. The van der Waals surface area contributed by atoms with Crippen molar-refractivity contribution in [1.82, 2.24) is 0 Å². The fourth-order valence-corrected chi connectivity index (χ4v) is 5.22. The van der Waals surface area contributed by atoms with Crippen molar-refractivity contribution in [2.45, 2.75) is 76.4 Å². The quantitative estimate of drug-likeness (QED) is 0.292. The van der Waals surface area contributed by atoms with E-state index >= 15 is 0 Å². The summed E-state index contributed by atoms with van der Waals surface area (Å²) in [5.74, 6) is -2.89. The van der Waals surface area contributed by atoms with Crippen molar-refractivity contribution in [2.75, 3.05) is 0 Å². The van der Waals surface area contributed by atoms with Crippen LogP contribution in [0, 0.1) is 0 Å². The molecule has 7 nitrogen and oxygen atoms in total. The van der Waals surface area contributed by atoms with E-state index in [2.05, 4.69) is 6.92 Å². The summed E-state index contributed by atoms with van der Waals surface area (Å²) in [7, 11) is 0. The van der Waals surface area contributed by atoms with Crippen LogP contribution < -0.4 is 0 Å². The number of aliphatic hydroxyl groups excluding tert-OH is 1. The van der Waals surface area contributed by atoms with Crippen molar-refractivity contribution in [1.29, 1.82) is 0 Å². The van der Waals surface area contributed by atoms with E-state index in [1.54, 1.807) is 12.1 Å². The van der Waals surface area contributed by atoms with Crippen LogP contribution in [0.4, 0.5) is 0 Å². The highest BCUT2D eigenvalue weighted by atomic mass is 16.3. The topological polar surface area (TPSA) is 132 Å². The number of phenols is 2. The highest BCUT2D eigenvalue weighted by Gasteiger charge is 2.47. The zero-order chi connectivity index (χ0) is 24.6. The number of fused-ring (bicyclic) bond motifs is 3. The first kappa shape index (κ1) is 24.1. The molecule has 2 aliphatic rings. The van der Waals surface area contributed by atoms with Gasteiger partial charge < -0.3 is 20.4 Å². The van der Waals surface area contributed by atoms with Crippen LogP contribution in [0.1, 0.15) is 107 Å². The number of carbonyl (C=O) groups is 3. The summed E-state index contributed by atoms with van der Waals surface area (Å²) in [6.45, 7) is 2.12. The summed E-state index contributed by atoms with van der Waals surface area (Å²) in [4.78, 5) is 39.1. The van der Waals surface area contributed by atoms with Crippen LogP contribution in [0.25, 0.3) is 0 Å². The van der Waals surface area contributed by atoms with Crippen LogP contribution in [-0.4, -0.2) is 43.4 Å². The summed E-state index contributed by atoms with van der Waals surface area (Å²) in [5.41, 5.74) is -2.65. The summed E-state index contributed by atoms with van der Waals surface area (Å²) in [6, 6.07) is 6.11. The number of rotatable bonds is 8. The number of hydrogen-bond acceptors (Lipinski definition) is 7. The molecule has 2 atom stereocenters. The van der Waals surface area contributed by atoms with Crippen molar-refractivity contribution < 1.29 is 34.8 Å². The molecule has 0 saturated heterocycles. The molecule has 0 aliphatic heterocycles. The number of aliphatic hydroxyl groups is 2. The van der Waals surface area contributed by atoms with E-state index in [1.165, 1.54) is 12.1 Å². The Morgan fingerprint density at radius 1 is 0.941 bits per heavy atom. The maximum Gasteiger partial charge on any atom is 0.198 e. The molecule has 0 saturated carbocycles. The third-order valence-corrected chi connectivity index (χ3v) is 7.07. The van der Waals surface area contributed by atoms with Gasteiger partial charge >= 0.3 is 0 Å². The van der Waals surface area contributed by atoms with Crippen LogP contribution in [0.3, 0.4) is 0 Å². The van der Waals surface area contributed by atoms with Crippen LogP contribution in [-0.2, 0) is 11.2 Å². The Balaban J connectivity index is 1.66. The van der Waals surface area contributed by atoms with E-state index in [-0.39, 0.29) is 52.6 Å². The molecule has 0 spiro atoms. The molecule has 0 heterocycles. The van der Waals surface area contributed by atoms with Crippen molar-refractivity contribution in [3.05, 3.63) is 57.6 Å². The first-order chi connectivity index (χ1) is 16.2. The van der Waals surface area contributed by atoms with E-state index in [1.807, 2.05) is 0 Å². The Labute approximate surface area is 198 Å².